The largest absolute Gasteiger partial charge is 0.452 e. The molecule has 0 radical (unpaired) electrons. The van der Waals surface area contributed by atoms with Gasteiger partial charge in [-0.25, -0.2) is 13.2 Å². The summed E-state index contributed by atoms with van der Waals surface area (Å²) in [5.74, 6) is -0.888. The number of ether oxygens (including phenoxy) is 1. The van der Waals surface area contributed by atoms with E-state index in [0.29, 0.717) is 5.56 Å². The highest BCUT2D eigenvalue weighted by Crippen LogP contribution is 2.18. The third-order valence-corrected chi connectivity index (χ3v) is 6.74. The molecule has 0 aromatic heterocycles. The fourth-order valence-electron chi connectivity index (χ4n) is 3.11. The van der Waals surface area contributed by atoms with E-state index in [-0.39, 0.29) is 43.6 Å². The number of carbonyl (C=O) groups excluding carboxylic acids is 2. The van der Waals surface area contributed by atoms with E-state index in [0.717, 1.165) is 11.1 Å². The van der Waals surface area contributed by atoms with Gasteiger partial charge in [-0.1, -0.05) is 35.4 Å². The van der Waals surface area contributed by atoms with Gasteiger partial charge in [0.05, 0.1) is 10.5 Å². The maximum atomic E-state index is 12.7. The molecular formula is C21H24N2O5S. The lowest BCUT2D eigenvalue weighted by atomic mass is 10.1. The van der Waals surface area contributed by atoms with E-state index >= 15 is 0 Å². The Morgan fingerprint density at radius 3 is 2.21 bits per heavy atom. The van der Waals surface area contributed by atoms with Gasteiger partial charge in [0, 0.05) is 26.2 Å². The Balaban J connectivity index is 1.53. The molecule has 2 aromatic rings. The van der Waals surface area contributed by atoms with Crippen molar-refractivity contribution in [2.45, 2.75) is 18.7 Å². The number of carbonyl (C=O) groups is 2. The van der Waals surface area contributed by atoms with Crippen LogP contribution in [0.5, 0.6) is 0 Å². The summed E-state index contributed by atoms with van der Waals surface area (Å²) in [7, 11) is -3.58. The molecule has 1 amide bonds. The molecule has 3 rings (SSSR count). The molecule has 0 atom stereocenters. The van der Waals surface area contributed by atoms with E-state index in [9.17, 15) is 18.0 Å². The molecule has 154 valence electrons. The van der Waals surface area contributed by atoms with Crippen molar-refractivity contribution in [2.24, 2.45) is 0 Å². The van der Waals surface area contributed by atoms with Crippen LogP contribution in [0.3, 0.4) is 0 Å². The first-order valence-corrected chi connectivity index (χ1v) is 10.8. The van der Waals surface area contributed by atoms with Crippen LogP contribution in [-0.4, -0.2) is 62.3 Å². The highest BCUT2D eigenvalue weighted by Gasteiger charge is 2.30. The second kappa shape index (κ2) is 8.75. The number of hydrogen-bond acceptors (Lipinski definition) is 5. The summed E-state index contributed by atoms with van der Waals surface area (Å²) in [6.45, 7) is 4.31. The van der Waals surface area contributed by atoms with Crippen molar-refractivity contribution in [3.05, 3.63) is 65.2 Å². The van der Waals surface area contributed by atoms with Gasteiger partial charge in [0.2, 0.25) is 10.0 Å². The molecule has 1 fully saturated rings. The van der Waals surface area contributed by atoms with Gasteiger partial charge in [-0.05, 0) is 38.1 Å². The number of piperazine rings is 1. The van der Waals surface area contributed by atoms with Gasteiger partial charge in [0.15, 0.2) is 6.61 Å². The fourth-order valence-corrected chi connectivity index (χ4v) is 4.53. The van der Waals surface area contributed by atoms with Crippen LogP contribution in [0, 0.1) is 13.8 Å². The zero-order valence-corrected chi connectivity index (χ0v) is 17.3. The predicted octanol–water partition coefficient (Wildman–Crippen LogP) is 1.99. The number of nitrogens with zero attached hydrogens (tertiary/aromatic N) is 2. The zero-order chi connectivity index (χ0) is 21.0. The second-order valence-corrected chi connectivity index (χ2v) is 8.98. The molecule has 1 aliphatic heterocycles. The van der Waals surface area contributed by atoms with Crippen LogP contribution >= 0.6 is 0 Å². The third-order valence-electron chi connectivity index (χ3n) is 4.83. The van der Waals surface area contributed by atoms with Crippen LogP contribution in [0.1, 0.15) is 21.5 Å². The van der Waals surface area contributed by atoms with Gasteiger partial charge in [0.1, 0.15) is 0 Å². The summed E-state index contributed by atoms with van der Waals surface area (Å²) in [4.78, 5) is 26.2. The molecule has 0 N–H and O–H groups in total. The van der Waals surface area contributed by atoms with Crippen molar-refractivity contribution < 1.29 is 22.7 Å². The highest BCUT2D eigenvalue weighted by atomic mass is 32.2. The van der Waals surface area contributed by atoms with E-state index in [1.165, 1.54) is 9.21 Å². The van der Waals surface area contributed by atoms with Gasteiger partial charge >= 0.3 is 5.97 Å². The van der Waals surface area contributed by atoms with Crippen LogP contribution in [0.2, 0.25) is 0 Å². The van der Waals surface area contributed by atoms with E-state index < -0.39 is 16.0 Å². The Morgan fingerprint density at radius 1 is 0.931 bits per heavy atom. The second-order valence-electron chi connectivity index (χ2n) is 7.04. The molecule has 1 saturated heterocycles. The first-order valence-electron chi connectivity index (χ1n) is 9.36. The van der Waals surface area contributed by atoms with Crippen molar-refractivity contribution in [1.82, 2.24) is 9.21 Å². The Labute approximate surface area is 170 Å². The molecule has 1 heterocycles. The van der Waals surface area contributed by atoms with Crippen molar-refractivity contribution in [2.75, 3.05) is 32.8 Å². The summed E-state index contributed by atoms with van der Waals surface area (Å²) in [6.07, 6.45) is 0. The molecule has 29 heavy (non-hydrogen) atoms. The summed E-state index contributed by atoms with van der Waals surface area (Å²) in [5.41, 5.74) is 2.31. The molecule has 0 saturated carbocycles. The van der Waals surface area contributed by atoms with Crippen LogP contribution in [0.25, 0.3) is 0 Å². The van der Waals surface area contributed by atoms with Crippen molar-refractivity contribution >= 4 is 21.9 Å². The average molecular weight is 416 g/mol. The molecule has 0 bridgehead atoms. The molecular weight excluding hydrogens is 392 g/mol. The standard InChI is InChI=1S/C21H24N2O5S/c1-16-6-8-19(9-7-16)29(26,27)23-12-10-22(11-13-23)20(24)15-28-21(25)18-5-3-4-17(2)14-18/h3-9,14H,10-13,15H2,1-2H3. The maximum absolute atomic E-state index is 12.7. The number of hydrogen-bond donors (Lipinski definition) is 0. The number of aryl methyl sites for hydroxylation is 2. The van der Waals surface area contributed by atoms with Crippen LogP contribution in [0.4, 0.5) is 0 Å². The first kappa shape index (κ1) is 21.0. The van der Waals surface area contributed by atoms with E-state index in [2.05, 4.69) is 0 Å². The Morgan fingerprint density at radius 2 is 1.59 bits per heavy atom. The van der Waals surface area contributed by atoms with E-state index in [1.54, 1.807) is 42.5 Å². The van der Waals surface area contributed by atoms with Crippen LogP contribution in [0.15, 0.2) is 53.4 Å². The Bertz CT molecular complexity index is 994. The highest BCUT2D eigenvalue weighted by molar-refractivity contribution is 7.89. The number of rotatable bonds is 5. The zero-order valence-electron chi connectivity index (χ0n) is 16.5. The summed E-state index contributed by atoms with van der Waals surface area (Å²) >= 11 is 0. The molecule has 0 aliphatic carbocycles. The minimum absolute atomic E-state index is 0.202. The molecule has 0 spiro atoms. The van der Waals surface area contributed by atoms with Crippen molar-refractivity contribution in [1.29, 1.82) is 0 Å². The van der Waals surface area contributed by atoms with Gasteiger partial charge in [0.25, 0.3) is 5.91 Å². The lowest BCUT2D eigenvalue weighted by molar-refractivity contribution is -0.135. The topological polar surface area (TPSA) is 84.0 Å². The maximum Gasteiger partial charge on any atom is 0.338 e. The predicted molar refractivity (Wildman–Crippen MR) is 108 cm³/mol. The van der Waals surface area contributed by atoms with Gasteiger partial charge < -0.3 is 9.64 Å². The van der Waals surface area contributed by atoms with Gasteiger partial charge in [-0.3, -0.25) is 4.79 Å². The number of esters is 1. The number of amides is 1. The number of benzene rings is 2. The van der Waals surface area contributed by atoms with Crippen LogP contribution in [-0.2, 0) is 19.6 Å². The molecule has 1 aliphatic rings. The first-order chi connectivity index (χ1) is 13.8. The summed E-state index contributed by atoms with van der Waals surface area (Å²) in [6, 6.07) is 13.6. The normalized spacial score (nSPS) is 15.2. The van der Waals surface area contributed by atoms with Crippen molar-refractivity contribution in [3.8, 4) is 0 Å². The van der Waals surface area contributed by atoms with E-state index in [1.807, 2.05) is 19.9 Å². The fraction of sp³-hybridized carbons (Fsp3) is 0.333. The van der Waals surface area contributed by atoms with E-state index in [4.69, 9.17) is 4.74 Å². The summed E-state index contributed by atoms with van der Waals surface area (Å²) in [5, 5.41) is 0. The monoisotopic (exact) mass is 416 g/mol. The van der Waals surface area contributed by atoms with Crippen molar-refractivity contribution in [3.63, 3.8) is 0 Å². The van der Waals surface area contributed by atoms with Gasteiger partial charge in [-0.2, -0.15) is 4.31 Å². The molecule has 2 aromatic carbocycles. The smallest absolute Gasteiger partial charge is 0.338 e. The lowest BCUT2D eigenvalue weighted by Gasteiger charge is -2.33. The molecule has 7 nitrogen and oxygen atoms in total. The molecule has 8 heteroatoms. The third kappa shape index (κ3) is 5.02. The van der Waals surface area contributed by atoms with Crippen LogP contribution < -0.4 is 0 Å². The number of sulfonamides is 1. The Kier molecular flexibility index (Phi) is 6.34. The van der Waals surface area contributed by atoms with Gasteiger partial charge in [-0.15, -0.1) is 0 Å². The Hall–Kier alpha value is -2.71. The lowest BCUT2D eigenvalue weighted by Crippen LogP contribution is -2.51. The average Bonchev–Trinajstić information content (AvgIpc) is 2.72. The summed E-state index contributed by atoms with van der Waals surface area (Å²) < 4.78 is 31.9. The molecule has 0 unspecified atom stereocenters. The SMILES string of the molecule is Cc1ccc(S(=O)(=O)N2CCN(C(=O)COC(=O)c3cccc(C)c3)CC2)cc1. The minimum Gasteiger partial charge on any atom is -0.452 e. The quantitative estimate of drug-likeness (QED) is 0.696. The minimum atomic E-state index is -3.58.